The third-order valence-electron chi connectivity index (χ3n) is 4.83. The number of esters is 1. The molecule has 7 heteroatoms. The summed E-state index contributed by atoms with van der Waals surface area (Å²) in [6.45, 7) is 9.19. The normalized spacial score (nSPS) is 11.6. The first kappa shape index (κ1) is 23.5. The van der Waals surface area contributed by atoms with Crippen LogP contribution in [0.15, 0.2) is 61.2 Å². The smallest absolute Gasteiger partial charge is 0.330 e. The number of benzene rings is 2. The van der Waals surface area contributed by atoms with Crippen molar-refractivity contribution in [3.8, 4) is 32.6 Å². The van der Waals surface area contributed by atoms with Crippen molar-refractivity contribution >= 4 is 17.3 Å². The highest BCUT2D eigenvalue weighted by Crippen LogP contribution is 2.31. The summed E-state index contributed by atoms with van der Waals surface area (Å²) in [5.41, 5.74) is 2.00. The van der Waals surface area contributed by atoms with Crippen LogP contribution in [0, 0.1) is 5.92 Å². The fraction of sp³-hybridized carbons (Fsp3) is 0.320. The molecule has 0 N–H and O–H groups in total. The van der Waals surface area contributed by atoms with Gasteiger partial charge in [-0.25, -0.2) is 4.79 Å². The van der Waals surface area contributed by atoms with Crippen molar-refractivity contribution in [2.75, 3.05) is 19.8 Å². The van der Waals surface area contributed by atoms with Gasteiger partial charge in [0, 0.05) is 23.6 Å². The van der Waals surface area contributed by atoms with Gasteiger partial charge in [-0.3, -0.25) is 0 Å². The third kappa shape index (κ3) is 6.92. The SMILES string of the molecule is C=CC(=O)OCCCOc1ccc(-c2nnc(-c3ccc(OCC(C)CC)cc3)s2)cc1. The number of hydrogen-bond donors (Lipinski definition) is 0. The zero-order valence-corrected chi connectivity index (χ0v) is 19.3. The van der Waals surface area contributed by atoms with Gasteiger partial charge in [0.2, 0.25) is 0 Å². The van der Waals surface area contributed by atoms with Gasteiger partial charge < -0.3 is 14.2 Å². The van der Waals surface area contributed by atoms with Gasteiger partial charge in [0.1, 0.15) is 21.5 Å². The molecule has 3 rings (SSSR count). The van der Waals surface area contributed by atoms with Crippen LogP contribution < -0.4 is 9.47 Å². The molecule has 1 atom stereocenters. The zero-order chi connectivity index (χ0) is 22.8. The largest absolute Gasteiger partial charge is 0.493 e. The maximum absolute atomic E-state index is 11.0. The van der Waals surface area contributed by atoms with Crippen molar-refractivity contribution in [1.29, 1.82) is 0 Å². The molecule has 3 aromatic rings. The van der Waals surface area contributed by atoms with Gasteiger partial charge in [0.15, 0.2) is 0 Å². The van der Waals surface area contributed by atoms with E-state index in [-0.39, 0.29) is 0 Å². The molecule has 6 nitrogen and oxygen atoms in total. The third-order valence-corrected chi connectivity index (χ3v) is 5.85. The molecule has 0 amide bonds. The van der Waals surface area contributed by atoms with E-state index in [9.17, 15) is 4.79 Å². The van der Waals surface area contributed by atoms with Crippen molar-refractivity contribution < 1.29 is 19.0 Å². The molecular formula is C25H28N2O4S. The van der Waals surface area contributed by atoms with Crippen LogP contribution in [0.25, 0.3) is 21.1 Å². The Hall–Kier alpha value is -3.19. The lowest BCUT2D eigenvalue weighted by Crippen LogP contribution is -2.06. The number of carbonyl (C=O) groups excluding carboxylic acids is 1. The summed E-state index contributed by atoms with van der Waals surface area (Å²) >= 11 is 1.54. The van der Waals surface area contributed by atoms with Crippen molar-refractivity contribution in [2.24, 2.45) is 5.92 Å². The molecule has 168 valence electrons. The molecule has 0 radical (unpaired) electrons. The van der Waals surface area contributed by atoms with Crippen LogP contribution in [0.3, 0.4) is 0 Å². The summed E-state index contributed by atoms with van der Waals surface area (Å²) < 4.78 is 16.4. The quantitative estimate of drug-likeness (QED) is 0.197. The minimum absolute atomic E-state index is 0.307. The van der Waals surface area contributed by atoms with Gasteiger partial charge in [-0.05, 0) is 54.4 Å². The molecule has 0 spiro atoms. The van der Waals surface area contributed by atoms with Crippen molar-refractivity contribution in [2.45, 2.75) is 26.7 Å². The summed E-state index contributed by atoms with van der Waals surface area (Å²) in [4.78, 5) is 11.0. The first-order valence-corrected chi connectivity index (χ1v) is 11.5. The minimum atomic E-state index is -0.420. The Kier molecular flexibility index (Phi) is 8.80. The number of nitrogens with zero attached hydrogens (tertiary/aromatic N) is 2. The fourth-order valence-corrected chi connectivity index (χ4v) is 3.54. The van der Waals surface area contributed by atoms with E-state index in [1.165, 1.54) is 0 Å². The zero-order valence-electron chi connectivity index (χ0n) is 18.5. The van der Waals surface area contributed by atoms with E-state index in [2.05, 4.69) is 30.6 Å². The maximum Gasteiger partial charge on any atom is 0.330 e. The number of carbonyl (C=O) groups is 1. The predicted octanol–water partition coefficient (Wildman–Crippen LogP) is 5.80. The second-order valence-electron chi connectivity index (χ2n) is 7.36. The van der Waals surface area contributed by atoms with Crippen molar-refractivity contribution in [3.05, 3.63) is 61.2 Å². The second-order valence-corrected chi connectivity index (χ2v) is 8.34. The van der Waals surface area contributed by atoms with Gasteiger partial charge in [0.25, 0.3) is 0 Å². The van der Waals surface area contributed by atoms with Crippen LogP contribution in [0.4, 0.5) is 0 Å². The van der Waals surface area contributed by atoms with E-state index >= 15 is 0 Å². The average molecular weight is 453 g/mol. The summed E-state index contributed by atoms with van der Waals surface area (Å²) in [6.07, 6.45) is 2.87. The molecule has 2 aromatic carbocycles. The molecule has 0 aliphatic heterocycles. The van der Waals surface area contributed by atoms with Gasteiger partial charge >= 0.3 is 5.97 Å². The fourth-order valence-electron chi connectivity index (χ4n) is 2.68. The standard InChI is InChI=1S/C25H28N2O4S/c1-4-18(3)17-31-22-13-9-20(10-14-22)25-27-26-24(32-25)19-7-11-21(12-8-19)29-15-6-16-30-23(28)5-2/h5,7-14,18H,2,4,6,15-17H2,1,3H3. The van der Waals surface area contributed by atoms with Crippen molar-refractivity contribution in [1.82, 2.24) is 10.2 Å². The molecule has 1 aromatic heterocycles. The molecule has 32 heavy (non-hydrogen) atoms. The molecule has 0 fully saturated rings. The van der Waals surface area contributed by atoms with Crippen LogP contribution in [0.1, 0.15) is 26.7 Å². The molecule has 0 saturated carbocycles. The van der Waals surface area contributed by atoms with Crippen LogP contribution in [-0.4, -0.2) is 36.0 Å². The Balaban J connectivity index is 1.52. The Labute approximate surface area is 192 Å². The summed E-state index contributed by atoms with van der Waals surface area (Å²) in [6, 6.07) is 15.7. The first-order chi connectivity index (χ1) is 15.6. The highest BCUT2D eigenvalue weighted by molar-refractivity contribution is 7.17. The lowest BCUT2D eigenvalue weighted by molar-refractivity contribution is -0.137. The summed E-state index contributed by atoms with van der Waals surface area (Å²) in [5.74, 6) is 1.74. The number of hydrogen-bond acceptors (Lipinski definition) is 7. The van der Waals surface area contributed by atoms with Crippen LogP contribution in [0.5, 0.6) is 11.5 Å². The minimum Gasteiger partial charge on any atom is -0.493 e. The molecule has 1 heterocycles. The topological polar surface area (TPSA) is 70.5 Å². The Morgan fingerprint density at radius 1 is 0.969 bits per heavy atom. The van der Waals surface area contributed by atoms with Crippen LogP contribution in [0.2, 0.25) is 0 Å². The van der Waals surface area contributed by atoms with Gasteiger partial charge in [-0.1, -0.05) is 38.2 Å². The lowest BCUT2D eigenvalue weighted by Gasteiger charge is -2.10. The first-order valence-electron chi connectivity index (χ1n) is 10.7. The lowest BCUT2D eigenvalue weighted by atomic mass is 10.1. The van der Waals surface area contributed by atoms with Crippen LogP contribution in [-0.2, 0) is 9.53 Å². The molecule has 1 unspecified atom stereocenters. The molecular weight excluding hydrogens is 424 g/mol. The van der Waals surface area contributed by atoms with Gasteiger partial charge in [-0.15, -0.1) is 10.2 Å². The monoisotopic (exact) mass is 452 g/mol. The van der Waals surface area contributed by atoms with E-state index in [0.29, 0.717) is 25.6 Å². The average Bonchev–Trinajstić information content (AvgIpc) is 3.33. The molecule has 0 aliphatic carbocycles. The van der Waals surface area contributed by atoms with Gasteiger partial charge in [-0.2, -0.15) is 0 Å². The Bertz CT molecular complexity index is 1000. The number of rotatable bonds is 12. The van der Waals surface area contributed by atoms with E-state index in [1.807, 2.05) is 48.5 Å². The molecule has 0 aliphatic rings. The Morgan fingerprint density at radius 3 is 2.06 bits per heavy atom. The second kappa shape index (κ2) is 12.0. The number of aromatic nitrogens is 2. The van der Waals surface area contributed by atoms with E-state index in [0.717, 1.165) is 51.7 Å². The predicted molar refractivity (Wildman–Crippen MR) is 127 cm³/mol. The number of ether oxygens (including phenoxy) is 3. The maximum atomic E-state index is 11.0. The summed E-state index contributed by atoms with van der Waals surface area (Å²) in [5, 5.41) is 10.4. The van der Waals surface area contributed by atoms with E-state index in [4.69, 9.17) is 14.2 Å². The van der Waals surface area contributed by atoms with E-state index in [1.54, 1.807) is 11.3 Å². The van der Waals surface area contributed by atoms with E-state index < -0.39 is 5.97 Å². The van der Waals surface area contributed by atoms with Crippen molar-refractivity contribution in [3.63, 3.8) is 0 Å². The Morgan fingerprint density at radius 2 is 1.53 bits per heavy atom. The van der Waals surface area contributed by atoms with Gasteiger partial charge in [0.05, 0.1) is 19.8 Å². The highest BCUT2D eigenvalue weighted by Gasteiger charge is 2.10. The highest BCUT2D eigenvalue weighted by atomic mass is 32.1. The molecule has 0 bridgehead atoms. The molecule has 0 saturated heterocycles. The van der Waals surface area contributed by atoms with Crippen LogP contribution >= 0.6 is 11.3 Å². The summed E-state index contributed by atoms with van der Waals surface area (Å²) in [7, 11) is 0.